The molecule has 1 amide bonds. The molecule has 2 aromatic carbocycles. The summed E-state index contributed by atoms with van der Waals surface area (Å²) in [7, 11) is 5.02. The van der Waals surface area contributed by atoms with Crippen molar-refractivity contribution in [1.82, 2.24) is 20.2 Å². The van der Waals surface area contributed by atoms with Gasteiger partial charge in [-0.3, -0.25) is 9.69 Å². The van der Waals surface area contributed by atoms with Crippen LogP contribution in [0.1, 0.15) is 6.42 Å². The van der Waals surface area contributed by atoms with E-state index in [1.54, 1.807) is 38.5 Å². The number of carbonyl (C=O) groups is 1. The molecule has 4 rings (SSSR count). The molecule has 0 bridgehead atoms. The van der Waals surface area contributed by atoms with Crippen LogP contribution in [0.4, 0.5) is 15.9 Å². The molecule has 1 aliphatic rings. The molecule has 35 heavy (non-hydrogen) atoms. The van der Waals surface area contributed by atoms with Gasteiger partial charge >= 0.3 is 0 Å². The van der Waals surface area contributed by atoms with E-state index in [9.17, 15) is 9.18 Å². The molecule has 0 aliphatic carbocycles. The lowest BCUT2D eigenvalue weighted by molar-refractivity contribution is -0.125. The Kier molecular flexibility index (Phi) is 7.84. The standard InChI is InChI=1S/C24H27ClFN5O4/c1-31-12-14(9-19(31)24(32)27-7-8-33-2)35-21-10-15-18(11-20(21)34-3)28-13-29-23(15)30-17-6-4-5-16(25)22(17)26/h4-6,10-11,13-14,19H,7-9,12H2,1-3H3,(H,27,32)(H,28,29,30)/t14-,19+/m0/s1. The van der Waals surface area contributed by atoms with Crippen LogP contribution in [0.3, 0.4) is 0 Å². The number of aromatic nitrogens is 2. The minimum Gasteiger partial charge on any atom is -0.493 e. The third-order valence-electron chi connectivity index (χ3n) is 5.84. The van der Waals surface area contributed by atoms with Crippen molar-refractivity contribution in [2.24, 2.45) is 0 Å². The van der Waals surface area contributed by atoms with E-state index in [2.05, 4.69) is 20.6 Å². The SMILES string of the molecule is COCCNC(=O)[C@H]1C[C@H](Oc2cc3c(Nc4cccc(Cl)c4F)ncnc3cc2OC)CN1C. The van der Waals surface area contributed by atoms with Crippen LogP contribution in [0.5, 0.6) is 11.5 Å². The van der Waals surface area contributed by atoms with E-state index in [-0.39, 0.29) is 28.8 Å². The fourth-order valence-electron chi connectivity index (χ4n) is 4.06. The normalized spacial score (nSPS) is 18.0. The first-order chi connectivity index (χ1) is 16.9. The number of nitrogens with one attached hydrogen (secondary N) is 2. The molecule has 1 aromatic heterocycles. The molecule has 3 aromatic rings. The zero-order valence-electron chi connectivity index (χ0n) is 19.7. The predicted octanol–water partition coefficient (Wildman–Crippen LogP) is 3.39. The van der Waals surface area contributed by atoms with Crippen LogP contribution >= 0.6 is 11.6 Å². The van der Waals surface area contributed by atoms with Gasteiger partial charge in [-0.1, -0.05) is 17.7 Å². The maximum absolute atomic E-state index is 14.5. The summed E-state index contributed by atoms with van der Waals surface area (Å²) in [5, 5.41) is 6.48. The highest BCUT2D eigenvalue weighted by Gasteiger charge is 2.36. The Morgan fingerprint density at radius 3 is 2.86 bits per heavy atom. The molecule has 0 unspecified atom stereocenters. The molecule has 11 heteroatoms. The Morgan fingerprint density at radius 1 is 1.26 bits per heavy atom. The first-order valence-electron chi connectivity index (χ1n) is 11.1. The van der Waals surface area contributed by atoms with Crippen molar-refractivity contribution in [2.45, 2.75) is 18.6 Å². The van der Waals surface area contributed by atoms with Crippen LogP contribution in [0.2, 0.25) is 5.02 Å². The van der Waals surface area contributed by atoms with Gasteiger partial charge in [0, 0.05) is 38.1 Å². The Morgan fingerprint density at radius 2 is 2.09 bits per heavy atom. The second kappa shape index (κ2) is 11.0. The number of amides is 1. The zero-order chi connectivity index (χ0) is 24.9. The molecule has 0 spiro atoms. The molecular formula is C24H27ClFN5O4. The minimum absolute atomic E-state index is 0.00483. The first kappa shape index (κ1) is 24.9. The molecular weight excluding hydrogens is 477 g/mol. The Balaban J connectivity index is 1.58. The molecule has 0 radical (unpaired) electrons. The van der Waals surface area contributed by atoms with Crippen molar-refractivity contribution in [2.75, 3.05) is 46.3 Å². The Hall–Kier alpha value is -3.21. The fraction of sp³-hybridized carbons (Fsp3) is 0.375. The number of halogens is 2. The van der Waals surface area contributed by atoms with Gasteiger partial charge in [0.25, 0.3) is 0 Å². The highest BCUT2D eigenvalue weighted by Crippen LogP contribution is 2.37. The van der Waals surface area contributed by atoms with Crippen molar-refractivity contribution in [3.63, 3.8) is 0 Å². The van der Waals surface area contributed by atoms with Crippen molar-refractivity contribution in [3.05, 3.63) is 47.5 Å². The van der Waals surface area contributed by atoms with Crippen LogP contribution in [0.15, 0.2) is 36.7 Å². The summed E-state index contributed by atoms with van der Waals surface area (Å²) < 4.78 is 31.3. The van der Waals surface area contributed by atoms with Gasteiger partial charge in [0.05, 0.1) is 36.0 Å². The van der Waals surface area contributed by atoms with Gasteiger partial charge in [0.1, 0.15) is 18.2 Å². The maximum Gasteiger partial charge on any atom is 0.237 e. The quantitative estimate of drug-likeness (QED) is 0.429. The van der Waals surface area contributed by atoms with Gasteiger partial charge in [0.2, 0.25) is 5.91 Å². The van der Waals surface area contributed by atoms with Gasteiger partial charge in [-0.05, 0) is 25.2 Å². The van der Waals surface area contributed by atoms with Gasteiger partial charge in [-0.2, -0.15) is 0 Å². The molecule has 2 N–H and O–H groups in total. The molecule has 0 saturated carbocycles. The molecule has 9 nitrogen and oxygen atoms in total. The predicted molar refractivity (Wildman–Crippen MR) is 131 cm³/mol. The molecule has 1 fully saturated rings. The number of fused-ring (bicyclic) bond motifs is 1. The second-order valence-electron chi connectivity index (χ2n) is 8.18. The van der Waals surface area contributed by atoms with Crippen LogP contribution < -0.4 is 20.1 Å². The van der Waals surface area contributed by atoms with Crippen LogP contribution in [0, 0.1) is 5.82 Å². The van der Waals surface area contributed by atoms with Crippen molar-refractivity contribution in [3.8, 4) is 11.5 Å². The number of hydrogen-bond acceptors (Lipinski definition) is 8. The summed E-state index contributed by atoms with van der Waals surface area (Å²) in [4.78, 5) is 23.1. The smallest absolute Gasteiger partial charge is 0.237 e. The lowest BCUT2D eigenvalue weighted by Gasteiger charge is -2.17. The van der Waals surface area contributed by atoms with E-state index in [0.29, 0.717) is 54.3 Å². The number of anilines is 2. The van der Waals surface area contributed by atoms with Gasteiger partial charge < -0.3 is 24.8 Å². The number of likely N-dealkylation sites (tertiary alicyclic amines) is 1. The highest BCUT2D eigenvalue weighted by molar-refractivity contribution is 6.31. The highest BCUT2D eigenvalue weighted by atomic mass is 35.5. The van der Waals surface area contributed by atoms with Crippen molar-refractivity contribution >= 4 is 39.9 Å². The number of carbonyl (C=O) groups excluding carboxylic acids is 1. The number of nitrogens with zero attached hydrogens (tertiary/aromatic N) is 3. The lowest BCUT2D eigenvalue weighted by atomic mass is 10.1. The third kappa shape index (κ3) is 5.55. The average Bonchev–Trinajstić information content (AvgIpc) is 3.22. The topological polar surface area (TPSA) is 97.8 Å². The average molecular weight is 504 g/mol. The number of ether oxygens (including phenoxy) is 3. The molecule has 186 valence electrons. The van der Waals surface area contributed by atoms with Crippen LogP contribution in [-0.4, -0.2) is 73.9 Å². The first-order valence-corrected chi connectivity index (χ1v) is 11.5. The Labute approximate surface area is 207 Å². The van der Waals surface area contributed by atoms with E-state index in [1.807, 2.05) is 11.9 Å². The molecule has 2 heterocycles. The number of methoxy groups -OCH3 is 2. The third-order valence-corrected chi connectivity index (χ3v) is 6.13. The molecule has 1 saturated heterocycles. The van der Waals surface area contributed by atoms with Crippen LogP contribution in [0.25, 0.3) is 10.9 Å². The number of likely N-dealkylation sites (N-methyl/N-ethyl adjacent to an activating group) is 1. The zero-order valence-corrected chi connectivity index (χ0v) is 20.4. The monoisotopic (exact) mass is 503 g/mol. The lowest BCUT2D eigenvalue weighted by Crippen LogP contribution is -2.42. The summed E-state index contributed by atoms with van der Waals surface area (Å²) in [6.07, 6.45) is 1.66. The summed E-state index contributed by atoms with van der Waals surface area (Å²) in [5.41, 5.74) is 0.781. The summed E-state index contributed by atoms with van der Waals surface area (Å²) >= 11 is 5.92. The molecule has 2 atom stereocenters. The summed E-state index contributed by atoms with van der Waals surface area (Å²) in [5.74, 6) is 0.719. The fourth-order valence-corrected chi connectivity index (χ4v) is 4.24. The minimum atomic E-state index is -0.574. The van der Waals surface area contributed by atoms with Crippen LogP contribution in [-0.2, 0) is 9.53 Å². The van der Waals surface area contributed by atoms with Gasteiger partial charge in [0.15, 0.2) is 17.3 Å². The molecule has 1 aliphatic heterocycles. The number of hydrogen-bond donors (Lipinski definition) is 2. The Bertz CT molecular complexity index is 1210. The van der Waals surface area contributed by atoms with Crippen molar-refractivity contribution < 1.29 is 23.4 Å². The maximum atomic E-state index is 14.5. The largest absolute Gasteiger partial charge is 0.493 e. The van der Waals surface area contributed by atoms with E-state index >= 15 is 0 Å². The van der Waals surface area contributed by atoms with Gasteiger partial charge in [-0.25, -0.2) is 14.4 Å². The summed E-state index contributed by atoms with van der Waals surface area (Å²) in [6.45, 7) is 1.47. The number of benzene rings is 2. The van der Waals surface area contributed by atoms with E-state index < -0.39 is 5.82 Å². The number of rotatable bonds is 9. The van der Waals surface area contributed by atoms with Gasteiger partial charge in [-0.15, -0.1) is 0 Å². The van der Waals surface area contributed by atoms with E-state index in [0.717, 1.165) is 0 Å². The van der Waals surface area contributed by atoms with E-state index in [1.165, 1.54) is 12.4 Å². The van der Waals surface area contributed by atoms with Crippen molar-refractivity contribution in [1.29, 1.82) is 0 Å². The second-order valence-corrected chi connectivity index (χ2v) is 8.59. The summed E-state index contributed by atoms with van der Waals surface area (Å²) in [6, 6.07) is 7.87. The van der Waals surface area contributed by atoms with E-state index in [4.69, 9.17) is 25.8 Å².